The summed E-state index contributed by atoms with van der Waals surface area (Å²) >= 11 is 11.8. The highest BCUT2D eigenvalue weighted by Gasteiger charge is 2.22. The molecule has 0 saturated carbocycles. The Bertz CT molecular complexity index is 796. The molecule has 0 spiro atoms. The largest absolute Gasteiger partial charge is 0.474 e. The number of carbonyl (C=O) groups excluding carboxylic acids is 1. The van der Waals surface area contributed by atoms with Crippen molar-refractivity contribution in [1.29, 1.82) is 0 Å². The van der Waals surface area contributed by atoms with Crippen molar-refractivity contribution >= 4 is 40.5 Å². The Morgan fingerprint density at radius 2 is 1.96 bits per heavy atom. The van der Waals surface area contributed by atoms with E-state index >= 15 is 0 Å². The first-order valence-corrected chi connectivity index (χ1v) is 7.71. The van der Waals surface area contributed by atoms with Gasteiger partial charge in [-0.25, -0.2) is 0 Å². The first-order valence-electron chi connectivity index (χ1n) is 6.95. The van der Waals surface area contributed by atoms with Gasteiger partial charge in [-0.05, 0) is 43.7 Å². The van der Waals surface area contributed by atoms with Gasteiger partial charge in [-0.15, -0.1) is 0 Å². The van der Waals surface area contributed by atoms with Gasteiger partial charge >= 0.3 is 5.69 Å². The summed E-state index contributed by atoms with van der Waals surface area (Å²) in [6, 6.07) is 9.16. The number of aryl methyl sites for hydroxylation is 1. The molecule has 0 aliphatic carbocycles. The Morgan fingerprint density at radius 1 is 1.25 bits per heavy atom. The van der Waals surface area contributed by atoms with Crippen LogP contribution in [0.1, 0.15) is 12.5 Å². The fourth-order valence-corrected chi connectivity index (χ4v) is 2.28. The monoisotopic (exact) mass is 368 g/mol. The van der Waals surface area contributed by atoms with Crippen LogP contribution in [0.3, 0.4) is 0 Å². The molecule has 0 aliphatic heterocycles. The Balaban J connectivity index is 2.15. The fourth-order valence-electron chi connectivity index (χ4n) is 1.94. The van der Waals surface area contributed by atoms with Crippen LogP contribution in [0, 0.1) is 17.0 Å². The minimum Gasteiger partial charge on any atom is -0.474 e. The van der Waals surface area contributed by atoms with Gasteiger partial charge in [0.1, 0.15) is 0 Å². The average Bonchev–Trinajstić information content (AvgIpc) is 2.52. The maximum atomic E-state index is 12.2. The van der Waals surface area contributed by atoms with Crippen LogP contribution >= 0.6 is 23.2 Å². The van der Waals surface area contributed by atoms with Crippen LogP contribution in [0.25, 0.3) is 0 Å². The number of halogens is 2. The minimum atomic E-state index is -0.971. The summed E-state index contributed by atoms with van der Waals surface area (Å²) in [5.74, 6) is -0.487. The summed E-state index contributed by atoms with van der Waals surface area (Å²) in [6.45, 7) is 3.21. The predicted molar refractivity (Wildman–Crippen MR) is 93.0 cm³/mol. The first kappa shape index (κ1) is 18.0. The van der Waals surface area contributed by atoms with Gasteiger partial charge in [0.2, 0.25) is 0 Å². The van der Waals surface area contributed by atoms with Gasteiger partial charge in [0, 0.05) is 11.1 Å². The summed E-state index contributed by atoms with van der Waals surface area (Å²) < 4.78 is 5.44. The third-order valence-corrected chi connectivity index (χ3v) is 3.74. The molecule has 8 heteroatoms. The number of rotatable bonds is 5. The molecule has 0 saturated heterocycles. The number of hydrogen-bond donors (Lipinski definition) is 1. The van der Waals surface area contributed by atoms with Crippen LogP contribution in [-0.2, 0) is 4.79 Å². The van der Waals surface area contributed by atoms with Crippen molar-refractivity contribution in [1.82, 2.24) is 0 Å². The van der Waals surface area contributed by atoms with E-state index in [1.807, 2.05) is 0 Å². The summed E-state index contributed by atoms with van der Waals surface area (Å²) in [6.07, 6.45) is -0.971. The topological polar surface area (TPSA) is 81.5 Å². The molecule has 6 nitrogen and oxygen atoms in total. The number of benzene rings is 2. The second-order valence-corrected chi connectivity index (χ2v) is 5.95. The van der Waals surface area contributed by atoms with Gasteiger partial charge in [-0.2, -0.15) is 0 Å². The lowest BCUT2D eigenvalue weighted by atomic mass is 10.2. The van der Waals surface area contributed by atoms with Crippen molar-refractivity contribution in [3.8, 4) is 5.75 Å². The zero-order valence-electron chi connectivity index (χ0n) is 12.9. The van der Waals surface area contributed by atoms with Gasteiger partial charge in [-0.3, -0.25) is 14.9 Å². The Kier molecular flexibility index (Phi) is 5.64. The number of carbonyl (C=O) groups is 1. The third kappa shape index (κ3) is 4.37. The molecule has 2 rings (SSSR count). The van der Waals surface area contributed by atoms with E-state index in [2.05, 4.69) is 5.32 Å². The van der Waals surface area contributed by atoms with Gasteiger partial charge < -0.3 is 10.1 Å². The van der Waals surface area contributed by atoms with E-state index in [4.69, 9.17) is 27.9 Å². The molecule has 0 heterocycles. The Hall–Kier alpha value is -2.31. The first-order chi connectivity index (χ1) is 11.3. The molecule has 126 valence electrons. The van der Waals surface area contributed by atoms with Crippen molar-refractivity contribution in [2.45, 2.75) is 20.0 Å². The molecule has 2 aromatic carbocycles. The van der Waals surface area contributed by atoms with Crippen LogP contribution in [-0.4, -0.2) is 16.9 Å². The fraction of sp³-hybridized carbons (Fsp3) is 0.188. The van der Waals surface area contributed by atoms with E-state index in [9.17, 15) is 14.9 Å². The molecule has 0 unspecified atom stereocenters. The zero-order chi connectivity index (χ0) is 17.9. The van der Waals surface area contributed by atoms with Gasteiger partial charge in [0.15, 0.2) is 11.9 Å². The summed E-state index contributed by atoms with van der Waals surface area (Å²) in [7, 11) is 0. The second kappa shape index (κ2) is 7.51. The highest BCUT2D eigenvalue weighted by Crippen LogP contribution is 2.29. The van der Waals surface area contributed by atoms with Crippen molar-refractivity contribution in [2.24, 2.45) is 0 Å². The maximum absolute atomic E-state index is 12.2. The zero-order valence-corrected chi connectivity index (χ0v) is 14.4. The molecular weight excluding hydrogens is 355 g/mol. The average molecular weight is 369 g/mol. The Morgan fingerprint density at radius 3 is 2.62 bits per heavy atom. The molecule has 0 bridgehead atoms. The van der Waals surface area contributed by atoms with Crippen LogP contribution in [0.5, 0.6) is 5.75 Å². The number of nitrogens with one attached hydrogen (secondary N) is 1. The van der Waals surface area contributed by atoms with E-state index in [-0.39, 0.29) is 11.4 Å². The smallest absolute Gasteiger partial charge is 0.311 e. The molecule has 2 aromatic rings. The molecular formula is C16H14Cl2N2O4. The van der Waals surface area contributed by atoms with Crippen molar-refractivity contribution in [2.75, 3.05) is 5.32 Å². The highest BCUT2D eigenvalue weighted by molar-refractivity contribution is 6.35. The van der Waals surface area contributed by atoms with Crippen LogP contribution in [0.2, 0.25) is 10.0 Å². The molecule has 24 heavy (non-hydrogen) atoms. The van der Waals surface area contributed by atoms with Crippen molar-refractivity contribution in [3.05, 3.63) is 62.1 Å². The highest BCUT2D eigenvalue weighted by atomic mass is 35.5. The molecule has 1 atom stereocenters. The molecule has 0 aliphatic rings. The molecule has 0 aromatic heterocycles. The third-order valence-electron chi connectivity index (χ3n) is 3.17. The van der Waals surface area contributed by atoms with E-state index in [0.29, 0.717) is 15.7 Å². The van der Waals surface area contributed by atoms with Gasteiger partial charge in [0.25, 0.3) is 5.91 Å². The molecule has 1 amide bonds. The summed E-state index contributed by atoms with van der Waals surface area (Å²) in [4.78, 5) is 22.8. The van der Waals surface area contributed by atoms with Crippen molar-refractivity contribution < 1.29 is 14.5 Å². The van der Waals surface area contributed by atoms with Gasteiger partial charge in [0.05, 0.1) is 15.6 Å². The van der Waals surface area contributed by atoms with Crippen molar-refractivity contribution in [3.63, 3.8) is 0 Å². The minimum absolute atomic E-state index is 0.0189. The van der Waals surface area contributed by atoms with Crippen LogP contribution in [0.4, 0.5) is 11.4 Å². The van der Waals surface area contributed by atoms with Crippen LogP contribution < -0.4 is 10.1 Å². The summed E-state index contributed by atoms with van der Waals surface area (Å²) in [5.41, 5.74) is 0.857. The molecule has 0 radical (unpaired) electrons. The van der Waals surface area contributed by atoms with E-state index in [1.165, 1.54) is 25.1 Å². The SMILES string of the molecule is Cc1ccc(O[C@H](C)C(=O)Nc2cc(Cl)ccc2Cl)c([N+](=O)[O-])c1. The number of anilines is 1. The molecule has 0 fully saturated rings. The van der Waals surface area contributed by atoms with E-state index in [1.54, 1.807) is 25.1 Å². The predicted octanol–water partition coefficient (Wildman–Crippen LogP) is 4.62. The normalized spacial score (nSPS) is 11.7. The maximum Gasteiger partial charge on any atom is 0.311 e. The van der Waals surface area contributed by atoms with E-state index in [0.717, 1.165) is 5.56 Å². The number of nitro groups is 1. The lowest BCUT2D eigenvalue weighted by Gasteiger charge is -2.15. The lowest BCUT2D eigenvalue weighted by molar-refractivity contribution is -0.386. The number of hydrogen-bond acceptors (Lipinski definition) is 4. The number of amides is 1. The lowest BCUT2D eigenvalue weighted by Crippen LogP contribution is -2.30. The summed E-state index contributed by atoms with van der Waals surface area (Å²) in [5, 5.41) is 14.4. The number of ether oxygens (including phenoxy) is 1. The van der Waals surface area contributed by atoms with Crippen LogP contribution in [0.15, 0.2) is 36.4 Å². The van der Waals surface area contributed by atoms with Gasteiger partial charge in [-0.1, -0.05) is 29.3 Å². The second-order valence-electron chi connectivity index (χ2n) is 5.10. The van der Waals surface area contributed by atoms with E-state index < -0.39 is 16.9 Å². The number of nitro benzene ring substituents is 1. The Labute approximate surface area is 148 Å². The molecule has 1 N–H and O–H groups in total. The quantitative estimate of drug-likeness (QED) is 0.616. The standard InChI is InChI=1S/C16H14Cl2N2O4/c1-9-3-6-15(14(7-9)20(22)23)24-10(2)16(21)19-13-8-11(17)4-5-12(13)18/h3-8,10H,1-2H3,(H,19,21)/t10-/m1/s1. The number of nitrogens with zero attached hydrogens (tertiary/aromatic N) is 1.